The fraction of sp³-hybridized carbons (Fsp3) is 0.0667. The minimum Gasteiger partial charge on any atom is -0.497 e. The summed E-state index contributed by atoms with van der Waals surface area (Å²) in [6.45, 7) is 0. The van der Waals surface area contributed by atoms with Gasteiger partial charge in [-0.1, -0.05) is 11.6 Å². The number of nitro benzene ring substituents is 2. The molecule has 0 atom stereocenters. The van der Waals surface area contributed by atoms with Crippen LogP contribution in [0.2, 0.25) is 5.02 Å². The van der Waals surface area contributed by atoms with Crippen LogP contribution in [0.3, 0.4) is 0 Å². The van der Waals surface area contributed by atoms with Gasteiger partial charge in [0.1, 0.15) is 5.75 Å². The number of benzene rings is 2. The summed E-state index contributed by atoms with van der Waals surface area (Å²) in [6, 6.07) is 8.58. The molecule has 8 heteroatoms. The van der Waals surface area contributed by atoms with Gasteiger partial charge in [-0.25, -0.2) is 0 Å². The molecule has 0 aliphatic rings. The molecule has 0 heterocycles. The van der Waals surface area contributed by atoms with Gasteiger partial charge >= 0.3 is 0 Å². The molecule has 0 saturated carbocycles. The Hall–Kier alpha value is -2.93. The second kappa shape index (κ2) is 6.89. The molecular weight excluding hydrogens is 324 g/mol. The molecule has 0 aromatic heterocycles. The molecule has 23 heavy (non-hydrogen) atoms. The van der Waals surface area contributed by atoms with Crippen molar-refractivity contribution < 1.29 is 14.6 Å². The summed E-state index contributed by atoms with van der Waals surface area (Å²) in [5.74, 6) is 0.353. The van der Waals surface area contributed by atoms with Crippen LogP contribution < -0.4 is 4.74 Å². The van der Waals surface area contributed by atoms with Crippen LogP contribution in [0.5, 0.6) is 5.75 Å². The van der Waals surface area contributed by atoms with Gasteiger partial charge in [-0.2, -0.15) is 0 Å². The van der Waals surface area contributed by atoms with Gasteiger partial charge in [-0.15, -0.1) is 0 Å². The highest BCUT2D eigenvalue weighted by molar-refractivity contribution is 6.30. The summed E-state index contributed by atoms with van der Waals surface area (Å²) in [4.78, 5) is 21.0. The average Bonchev–Trinajstić information content (AvgIpc) is 2.53. The number of rotatable bonds is 5. The van der Waals surface area contributed by atoms with Gasteiger partial charge < -0.3 is 4.74 Å². The molecule has 0 bridgehead atoms. The highest BCUT2D eigenvalue weighted by Gasteiger charge is 2.15. The first-order valence-corrected chi connectivity index (χ1v) is 6.74. The largest absolute Gasteiger partial charge is 0.497 e. The summed E-state index contributed by atoms with van der Waals surface area (Å²) in [6.07, 6.45) is 2.87. The lowest BCUT2D eigenvalue weighted by atomic mass is 10.1. The molecule has 0 aliphatic heterocycles. The molecule has 2 aromatic carbocycles. The number of hydrogen-bond acceptors (Lipinski definition) is 5. The second-order valence-electron chi connectivity index (χ2n) is 4.48. The number of ether oxygens (including phenoxy) is 1. The molecule has 0 unspecified atom stereocenters. The van der Waals surface area contributed by atoms with Crippen LogP contribution in [0.4, 0.5) is 11.4 Å². The SMILES string of the molecule is COc1ccc(C=Cc2ccc(Cl)cc2[N+](=O)[O-])c([N+](=O)[O-])c1. The monoisotopic (exact) mass is 334 g/mol. The quantitative estimate of drug-likeness (QED) is 0.460. The summed E-state index contributed by atoms with van der Waals surface area (Å²) in [7, 11) is 1.41. The summed E-state index contributed by atoms with van der Waals surface area (Å²) in [5.41, 5.74) is 0.270. The third-order valence-corrected chi connectivity index (χ3v) is 3.30. The second-order valence-corrected chi connectivity index (χ2v) is 4.91. The Morgan fingerprint density at radius 2 is 1.48 bits per heavy atom. The van der Waals surface area contributed by atoms with Crippen LogP contribution in [-0.2, 0) is 0 Å². The van der Waals surface area contributed by atoms with Gasteiger partial charge in [0.05, 0.1) is 34.1 Å². The lowest BCUT2D eigenvalue weighted by molar-refractivity contribution is -0.385. The summed E-state index contributed by atoms with van der Waals surface area (Å²) in [5, 5.41) is 22.4. The average molecular weight is 335 g/mol. The van der Waals surface area contributed by atoms with Crippen molar-refractivity contribution >= 4 is 35.1 Å². The molecular formula is C15H11ClN2O5. The van der Waals surface area contributed by atoms with Crippen molar-refractivity contribution in [1.82, 2.24) is 0 Å². The van der Waals surface area contributed by atoms with E-state index in [-0.39, 0.29) is 16.4 Å². The third-order valence-electron chi connectivity index (χ3n) is 3.07. The molecule has 7 nitrogen and oxygen atoms in total. The smallest absolute Gasteiger partial charge is 0.280 e. The molecule has 2 aromatic rings. The van der Waals surface area contributed by atoms with Crippen molar-refractivity contribution in [1.29, 1.82) is 0 Å². The third kappa shape index (κ3) is 3.83. The van der Waals surface area contributed by atoms with Gasteiger partial charge in [0.25, 0.3) is 11.4 Å². The lowest BCUT2D eigenvalue weighted by Gasteiger charge is -2.02. The van der Waals surface area contributed by atoms with Gasteiger partial charge in [0, 0.05) is 11.1 Å². The Bertz CT molecular complexity index is 804. The van der Waals surface area contributed by atoms with Crippen LogP contribution in [-0.4, -0.2) is 17.0 Å². The van der Waals surface area contributed by atoms with E-state index in [4.69, 9.17) is 16.3 Å². The number of nitrogens with zero attached hydrogens (tertiary/aromatic N) is 2. The Balaban J connectivity index is 2.45. The first kappa shape index (κ1) is 16.4. The van der Waals surface area contributed by atoms with E-state index in [9.17, 15) is 20.2 Å². The zero-order valence-corrected chi connectivity index (χ0v) is 12.7. The van der Waals surface area contributed by atoms with Crippen LogP contribution in [0.1, 0.15) is 11.1 Å². The van der Waals surface area contributed by atoms with E-state index in [0.717, 1.165) is 0 Å². The number of methoxy groups -OCH3 is 1. The van der Waals surface area contributed by atoms with Gasteiger partial charge in [0.15, 0.2) is 0 Å². The predicted octanol–water partition coefficient (Wildman–Crippen LogP) is 4.34. The predicted molar refractivity (Wildman–Crippen MR) is 86.7 cm³/mol. The van der Waals surface area contributed by atoms with Gasteiger partial charge in [0.2, 0.25) is 0 Å². The van der Waals surface area contributed by atoms with Crippen LogP contribution in [0.15, 0.2) is 36.4 Å². The zero-order valence-electron chi connectivity index (χ0n) is 11.9. The Morgan fingerprint density at radius 1 is 0.957 bits per heavy atom. The molecule has 2 rings (SSSR count). The minimum absolute atomic E-state index is 0.155. The van der Waals surface area contributed by atoms with Crippen molar-refractivity contribution in [3.8, 4) is 5.75 Å². The number of hydrogen-bond donors (Lipinski definition) is 0. The molecule has 0 saturated heterocycles. The van der Waals surface area contributed by atoms with E-state index in [1.54, 1.807) is 6.07 Å². The standard InChI is InChI=1S/C15H11ClN2O5/c1-23-13-7-5-11(15(9-13)18(21)22)3-2-10-4-6-12(16)8-14(10)17(19)20/h2-9H,1H3. The van der Waals surface area contributed by atoms with Gasteiger partial charge in [-0.3, -0.25) is 20.2 Å². The fourth-order valence-corrected chi connectivity index (χ4v) is 2.11. The molecule has 0 fully saturated rings. The first-order valence-electron chi connectivity index (χ1n) is 6.37. The maximum Gasteiger partial charge on any atom is 0.280 e. The maximum absolute atomic E-state index is 11.1. The fourth-order valence-electron chi connectivity index (χ4n) is 1.94. The van der Waals surface area contributed by atoms with E-state index in [1.807, 2.05) is 0 Å². The van der Waals surface area contributed by atoms with E-state index in [2.05, 4.69) is 0 Å². The molecule has 0 radical (unpaired) electrons. The van der Waals surface area contributed by atoms with Crippen LogP contribution >= 0.6 is 11.6 Å². The van der Waals surface area contributed by atoms with Crippen molar-refractivity contribution in [2.24, 2.45) is 0 Å². The minimum atomic E-state index is -0.562. The zero-order chi connectivity index (χ0) is 17.0. The molecule has 0 amide bonds. The number of nitro groups is 2. The Kier molecular flexibility index (Phi) is 4.92. The summed E-state index contributed by atoms with van der Waals surface area (Å²) >= 11 is 5.75. The Morgan fingerprint density at radius 3 is 2.00 bits per heavy atom. The summed E-state index contributed by atoms with van der Waals surface area (Å²) < 4.78 is 4.95. The van der Waals surface area contributed by atoms with E-state index < -0.39 is 9.85 Å². The molecule has 0 N–H and O–H groups in total. The highest BCUT2D eigenvalue weighted by Crippen LogP contribution is 2.28. The van der Waals surface area contributed by atoms with E-state index in [0.29, 0.717) is 16.9 Å². The van der Waals surface area contributed by atoms with E-state index in [1.165, 1.54) is 49.6 Å². The molecule has 0 aliphatic carbocycles. The van der Waals surface area contributed by atoms with Crippen LogP contribution in [0, 0.1) is 20.2 Å². The molecule has 118 valence electrons. The highest BCUT2D eigenvalue weighted by atomic mass is 35.5. The van der Waals surface area contributed by atoms with Crippen molar-refractivity contribution in [3.63, 3.8) is 0 Å². The van der Waals surface area contributed by atoms with Crippen molar-refractivity contribution in [2.45, 2.75) is 0 Å². The molecule has 0 spiro atoms. The van der Waals surface area contributed by atoms with Crippen molar-refractivity contribution in [2.75, 3.05) is 7.11 Å². The van der Waals surface area contributed by atoms with Crippen molar-refractivity contribution in [3.05, 3.63) is 72.8 Å². The number of halogens is 1. The topological polar surface area (TPSA) is 95.5 Å². The first-order chi connectivity index (χ1) is 10.9. The maximum atomic E-state index is 11.1. The van der Waals surface area contributed by atoms with Crippen LogP contribution in [0.25, 0.3) is 12.2 Å². The Labute approximate surface area is 136 Å². The van der Waals surface area contributed by atoms with Gasteiger partial charge in [-0.05, 0) is 36.4 Å². The lowest BCUT2D eigenvalue weighted by Crippen LogP contribution is -1.93. The van der Waals surface area contributed by atoms with E-state index >= 15 is 0 Å². The normalized spacial score (nSPS) is 10.7.